The molecule has 2 aromatic carbocycles. The summed E-state index contributed by atoms with van der Waals surface area (Å²) >= 11 is 0. The predicted molar refractivity (Wildman–Crippen MR) is 123 cm³/mol. The highest BCUT2D eigenvalue weighted by molar-refractivity contribution is 5.90. The molecule has 0 radical (unpaired) electrons. The number of carboxylic acids is 1. The largest absolute Gasteiger partial charge is 0.481 e. The lowest BCUT2D eigenvalue weighted by atomic mass is 9.98. The van der Waals surface area contributed by atoms with Crippen molar-refractivity contribution in [2.45, 2.75) is 44.2 Å². The first-order chi connectivity index (χ1) is 16.3. The zero-order valence-corrected chi connectivity index (χ0v) is 19.1. The lowest BCUT2D eigenvalue weighted by Gasteiger charge is -2.21. The SMILES string of the molecule is CCC(NC(=O)C(CCC(=O)O)NC(=O)OCC1c2ccccc2-c2ccccc21)C(=O)OC. The van der Waals surface area contributed by atoms with E-state index in [9.17, 15) is 19.2 Å². The quantitative estimate of drug-likeness (QED) is 0.457. The van der Waals surface area contributed by atoms with Crippen molar-refractivity contribution in [3.8, 4) is 11.1 Å². The van der Waals surface area contributed by atoms with Gasteiger partial charge < -0.3 is 25.2 Å². The molecule has 0 saturated carbocycles. The molecule has 3 N–H and O–H groups in total. The summed E-state index contributed by atoms with van der Waals surface area (Å²) in [5.41, 5.74) is 4.25. The van der Waals surface area contributed by atoms with Crippen LogP contribution >= 0.6 is 0 Å². The highest BCUT2D eigenvalue weighted by Crippen LogP contribution is 2.44. The molecule has 0 bridgehead atoms. The van der Waals surface area contributed by atoms with Gasteiger partial charge in [0.25, 0.3) is 0 Å². The monoisotopic (exact) mass is 468 g/mol. The number of amides is 2. The van der Waals surface area contributed by atoms with Gasteiger partial charge in [-0.2, -0.15) is 0 Å². The molecule has 0 aliphatic heterocycles. The number of benzene rings is 2. The van der Waals surface area contributed by atoms with Crippen molar-refractivity contribution in [1.82, 2.24) is 10.6 Å². The Kier molecular flexibility index (Phi) is 8.24. The third-order valence-electron chi connectivity index (χ3n) is 5.81. The van der Waals surface area contributed by atoms with Crippen LogP contribution in [0.2, 0.25) is 0 Å². The van der Waals surface area contributed by atoms with Crippen LogP contribution in [-0.2, 0) is 23.9 Å². The molecular weight excluding hydrogens is 440 g/mol. The maximum absolute atomic E-state index is 12.7. The van der Waals surface area contributed by atoms with Gasteiger partial charge in [-0.15, -0.1) is 0 Å². The van der Waals surface area contributed by atoms with Crippen LogP contribution in [0.5, 0.6) is 0 Å². The van der Waals surface area contributed by atoms with Crippen LogP contribution in [0.4, 0.5) is 4.79 Å². The summed E-state index contributed by atoms with van der Waals surface area (Å²) in [7, 11) is 1.20. The number of carboxylic acid groups (broad SMARTS) is 1. The minimum atomic E-state index is -1.19. The van der Waals surface area contributed by atoms with E-state index in [1.54, 1.807) is 6.92 Å². The highest BCUT2D eigenvalue weighted by atomic mass is 16.5. The second-order valence-corrected chi connectivity index (χ2v) is 7.95. The summed E-state index contributed by atoms with van der Waals surface area (Å²) in [6.45, 7) is 1.74. The number of hydrogen-bond donors (Lipinski definition) is 3. The van der Waals surface area contributed by atoms with Crippen molar-refractivity contribution < 1.29 is 33.8 Å². The van der Waals surface area contributed by atoms with Crippen LogP contribution in [0.1, 0.15) is 43.2 Å². The first-order valence-corrected chi connectivity index (χ1v) is 11.1. The van der Waals surface area contributed by atoms with Gasteiger partial charge in [0.2, 0.25) is 5.91 Å². The number of esters is 1. The lowest BCUT2D eigenvalue weighted by molar-refractivity contribution is -0.145. The molecule has 34 heavy (non-hydrogen) atoms. The molecule has 0 saturated heterocycles. The Bertz CT molecular complexity index is 1020. The van der Waals surface area contributed by atoms with E-state index in [1.165, 1.54) is 7.11 Å². The fraction of sp³-hybridized carbons (Fsp3) is 0.360. The third-order valence-corrected chi connectivity index (χ3v) is 5.81. The standard InChI is InChI=1S/C25H28N2O7/c1-3-20(24(31)33-2)26-23(30)21(12-13-22(28)29)27-25(32)34-14-19-17-10-6-4-8-15(17)16-9-5-7-11-18(16)19/h4-11,19-21H,3,12-14H2,1-2H3,(H,26,30)(H,27,32)(H,28,29). The number of methoxy groups -OCH3 is 1. The molecule has 1 aliphatic carbocycles. The summed E-state index contributed by atoms with van der Waals surface area (Å²) in [5, 5.41) is 14.0. The first-order valence-electron chi connectivity index (χ1n) is 11.1. The third kappa shape index (κ3) is 5.72. The van der Waals surface area contributed by atoms with Gasteiger partial charge in [-0.25, -0.2) is 9.59 Å². The number of nitrogens with one attached hydrogen (secondary N) is 2. The number of ether oxygens (including phenoxy) is 2. The Morgan fingerprint density at radius 3 is 2.06 bits per heavy atom. The predicted octanol–water partition coefficient (Wildman–Crippen LogP) is 2.83. The van der Waals surface area contributed by atoms with Gasteiger partial charge in [-0.05, 0) is 35.1 Å². The van der Waals surface area contributed by atoms with Gasteiger partial charge in [-0.1, -0.05) is 55.5 Å². The zero-order valence-electron chi connectivity index (χ0n) is 19.1. The molecule has 0 heterocycles. The molecule has 2 unspecified atom stereocenters. The molecule has 1 aliphatic rings. The topological polar surface area (TPSA) is 131 Å². The van der Waals surface area contributed by atoms with Gasteiger partial charge in [-0.3, -0.25) is 9.59 Å². The van der Waals surface area contributed by atoms with Crippen LogP contribution < -0.4 is 10.6 Å². The van der Waals surface area contributed by atoms with Crippen molar-refractivity contribution in [3.05, 3.63) is 59.7 Å². The van der Waals surface area contributed by atoms with E-state index >= 15 is 0 Å². The molecule has 9 nitrogen and oxygen atoms in total. The van der Waals surface area contributed by atoms with Gasteiger partial charge in [0, 0.05) is 12.3 Å². The van der Waals surface area contributed by atoms with E-state index in [4.69, 9.17) is 9.84 Å². The van der Waals surface area contributed by atoms with Crippen molar-refractivity contribution in [2.75, 3.05) is 13.7 Å². The molecule has 9 heteroatoms. The molecule has 0 fully saturated rings. The van der Waals surface area contributed by atoms with E-state index in [0.29, 0.717) is 0 Å². The van der Waals surface area contributed by atoms with E-state index in [-0.39, 0.29) is 31.8 Å². The normalized spacial score (nSPS) is 13.7. The second kappa shape index (κ2) is 11.3. The summed E-state index contributed by atoms with van der Waals surface area (Å²) in [4.78, 5) is 48.1. The Morgan fingerprint density at radius 1 is 0.941 bits per heavy atom. The average Bonchev–Trinajstić information content (AvgIpc) is 3.16. The van der Waals surface area contributed by atoms with E-state index in [1.807, 2.05) is 48.5 Å². The van der Waals surface area contributed by atoms with Gasteiger partial charge in [0.05, 0.1) is 7.11 Å². The van der Waals surface area contributed by atoms with Crippen molar-refractivity contribution in [3.63, 3.8) is 0 Å². The van der Waals surface area contributed by atoms with Crippen molar-refractivity contribution in [1.29, 1.82) is 0 Å². The minimum Gasteiger partial charge on any atom is -0.481 e. The van der Waals surface area contributed by atoms with Gasteiger partial charge in [0.1, 0.15) is 18.7 Å². The average molecular weight is 469 g/mol. The zero-order chi connectivity index (χ0) is 24.7. The first kappa shape index (κ1) is 24.8. The molecule has 2 amide bonds. The van der Waals surface area contributed by atoms with E-state index in [0.717, 1.165) is 22.3 Å². The number of alkyl carbamates (subject to hydrolysis) is 1. The molecular formula is C25H28N2O7. The van der Waals surface area contributed by atoms with Crippen LogP contribution in [0, 0.1) is 0 Å². The highest BCUT2D eigenvalue weighted by Gasteiger charge is 2.30. The maximum Gasteiger partial charge on any atom is 0.407 e. The van der Waals surface area contributed by atoms with Crippen molar-refractivity contribution in [2.24, 2.45) is 0 Å². The molecule has 0 spiro atoms. The Labute approximate surface area is 197 Å². The molecule has 0 aromatic heterocycles. The lowest BCUT2D eigenvalue weighted by Crippen LogP contribution is -2.52. The summed E-state index contributed by atoms with van der Waals surface area (Å²) < 4.78 is 10.1. The number of carbonyl (C=O) groups is 4. The number of hydrogen-bond acceptors (Lipinski definition) is 6. The van der Waals surface area contributed by atoms with Crippen LogP contribution in [0.3, 0.4) is 0 Å². The Hall–Kier alpha value is -3.88. The fourth-order valence-corrected chi connectivity index (χ4v) is 4.06. The smallest absolute Gasteiger partial charge is 0.407 e. The van der Waals surface area contributed by atoms with Crippen LogP contribution in [-0.4, -0.2) is 54.8 Å². The number of rotatable bonds is 10. The summed E-state index contributed by atoms with van der Waals surface area (Å²) in [6, 6.07) is 13.7. The maximum atomic E-state index is 12.7. The Balaban J connectivity index is 1.67. The summed E-state index contributed by atoms with van der Waals surface area (Å²) in [6.07, 6.45) is -1.09. The van der Waals surface area contributed by atoms with E-state index < -0.39 is 36.0 Å². The number of aliphatic carboxylic acids is 1. The molecule has 2 aromatic rings. The van der Waals surface area contributed by atoms with Crippen LogP contribution in [0.25, 0.3) is 11.1 Å². The molecule has 3 rings (SSSR count). The number of carbonyl (C=O) groups excluding carboxylic acids is 3. The van der Waals surface area contributed by atoms with Crippen LogP contribution in [0.15, 0.2) is 48.5 Å². The summed E-state index contributed by atoms with van der Waals surface area (Å²) in [5.74, 6) is -2.60. The second-order valence-electron chi connectivity index (χ2n) is 7.95. The van der Waals surface area contributed by atoms with E-state index in [2.05, 4.69) is 15.4 Å². The number of fused-ring (bicyclic) bond motifs is 3. The van der Waals surface area contributed by atoms with Gasteiger partial charge in [0.15, 0.2) is 0 Å². The Morgan fingerprint density at radius 2 is 1.53 bits per heavy atom. The van der Waals surface area contributed by atoms with Crippen molar-refractivity contribution >= 4 is 23.9 Å². The van der Waals surface area contributed by atoms with Gasteiger partial charge >= 0.3 is 18.0 Å². The molecule has 180 valence electrons. The minimum absolute atomic E-state index is 0.0485. The fourth-order valence-electron chi connectivity index (χ4n) is 4.06. The molecule has 2 atom stereocenters.